The number of benzene rings is 1. The summed E-state index contributed by atoms with van der Waals surface area (Å²) in [5, 5.41) is 0. The number of aromatic nitrogens is 1. The molecule has 31 heavy (non-hydrogen) atoms. The molecule has 1 unspecified atom stereocenters. The fourth-order valence-corrected chi connectivity index (χ4v) is 5.65. The summed E-state index contributed by atoms with van der Waals surface area (Å²) in [7, 11) is 1.65. The first-order chi connectivity index (χ1) is 15.0. The molecule has 1 aliphatic rings. The van der Waals surface area contributed by atoms with Crippen molar-refractivity contribution in [3.8, 4) is 5.75 Å². The molecule has 164 valence electrons. The Morgan fingerprint density at radius 1 is 1.26 bits per heavy atom. The molecule has 0 radical (unpaired) electrons. The molecule has 0 N–H and O–H groups in total. The van der Waals surface area contributed by atoms with Crippen LogP contribution in [-0.4, -0.2) is 48.1 Å². The highest BCUT2D eigenvalue weighted by Crippen LogP contribution is 2.34. The van der Waals surface area contributed by atoms with Gasteiger partial charge in [0.15, 0.2) is 0 Å². The Morgan fingerprint density at radius 2 is 2.10 bits per heavy atom. The molecule has 1 aromatic carbocycles. The number of amides is 1. The molecule has 1 amide bonds. The van der Waals surface area contributed by atoms with Crippen LogP contribution in [-0.2, 0) is 16.1 Å². The molecule has 8 heteroatoms. The average molecular weight is 505 g/mol. The van der Waals surface area contributed by atoms with Gasteiger partial charge in [0.2, 0.25) is 0 Å². The second kappa shape index (κ2) is 9.44. The molecule has 4 rings (SSSR count). The van der Waals surface area contributed by atoms with Crippen LogP contribution in [0.5, 0.6) is 5.75 Å². The number of rotatable bonds is 6. The van der Waals surface area contributed by atoms with E-state index in [-0.39, 0.29) is 17.8 Å². The summed E-state index contributed by atoms with van der Waals surface area (Å²) in [6, 6.07) is 11.9. The van der Waals surface area contributed by atoms with Gasteiger partial charge in [-0.05, 0) is 65.5 Å². The summed E-state index contributed by atoms with van der Waals surface area (Å²) < 4.78 is 14.7. The number of thiophene rings is 1. The van der Waals surface area contributed by atoms with Gasteiger partial charge >= 0.3 is 5.97 Å². The molecule has 0 spiro atoms. The summed E-state index contributed by atoms with van der Waals surface area (Å²) in [5.74, 6) is 0.274. The Balaban J connectivity index is 1.65. The zero-order valence-corrected chi connectivity index (χ0v) is 20.0. The molecule has 1 saturated heterocycles. The van der Waals surface area contributed by atoms with Crippen LogP contribution in [0.3, 0.4) is 0 Å². The van der Waals surface area contributed by atoms with Crippen LogP contribution in [0.25, 0.3) is 10.2 Å². The molecular formula is C23H25BrN2O4S. The lowest BCUT2D eigenvalue weighted by Crippen LogP contribution is -2.43. The minimum absolute atomic E-state index is 0.0450. The fraction of sp³-hybridized carbons (Fsp3) is 0.391. The van der Waals surface area contributed by atoms with Crippen LogP contribution in [0, 0.1) is 5.92 Å². The number of hydrogen-bond acceptors (Lipinski definition) is 5. The van der Waals surface area contributed by atoms with Gasteiger partial charge in [-0.25, -0.2) is 0 Å². The van der Waals surface area contributed by atoms with Gasteiger partial charge in [0.25, 0.3) is 5.91 Å². The van der Waals surface area contributed by atoms with Crippen LogP contribution >= 0.6 is 27.3 Å². The number of fused-ring (bicyclic) bond motifs is 1. The molecule has 0 saturated carbocycles. The van der Waals surface area contributed by atoms with E-state index < -0.39 is 0 Å². The van der Waals surface area contributed by atoms with Crippen LogP contribution < -0.4 is 4.74 Å². The van der Waals surface area contributed by atoms with Crippen molar-refractivity contribution in [2.75, 3.05) is 26.8 Å². The van der Waals surface area contributed by atoms with Gasteiger partial charge in [0, 0.05) is 19.6 Å². The molecule has 1 aliphatic heterocycles. The van der Waals surface area contributed by atoms with Gasteiger partial charge < -0.3 is 18.9 Å². The van der Waals surface area contributed by atoms with E-state index in [4.69, 9.17) is 9.47 Å². The Bertz CT molecular complexity index is 1110. The van der Waals surface area contributed by atoms with Gasteiger partial charge in [0.1, 0.15) is 11.4 Å². The number of carbonyl (C=O) groups is 2. The third-order valence-electron chi connectivity index (χ3n) is 5.58. The number of ether oxygens (including phenoxy) is 2. The lowest BCUT2D eigenvalue weighted by molar-refractivity contribution is -0.149. The number of piperidine rings is 1. The number of hydrogen-bond donors (Lipinski definition) is 0. The highest BCUT2D eigenvalue weighted by molar-refractivity contribution is 9.11. The lowest BCUT2D eigenvalue weighted by Gasteiger charge is -2.31. The highest BCUT2D eigenvalue weighted by atomic mass is 79.9. The summed E-state index contributed by atoms with van der Waals surface area (Å²) in [6.07, 6.45) is 1.56. The predicted molar refractivity (Wildman–Crippen MR) is 125 cm³/mol. The molecule has 1 fully saturated rings. The highest BCUT2D eigenvalue weighted by Gasteiger charge is 2.31. The van der Waals surface area contributed by atoms with E-state index in [1.807, 2.05) is 30.3 Å². The monoisotopic (exact) mass is 504 g/mol. The molecule has 0 aliphatic carbocycles. The minimum Gasteiger partial charge on any atom is -0.497 e. The topological polar surface area (TPSA) is 60.8 Å². The van der Waals surface area contributed by atoms with Gasteiger partial charge in [-0.2, -0.15) is 0 Å². The van der Waals surface area contributed by atoms with E-state index >= 15 is 0 Å². The Morgan fingerprint density at radius 3 is 2.87 bits per heavy atom. The molecule has 0 bridgehead atoms. The summed E-state index contributed by atoms with van der Waals surface area (Å²) in [5.41, 5.74) is 2.71. The van der Waals surface area contributed by atoms with Gasteiger partial charge in [0.05, 0.1) is 33.6 Å². The largest absolute Gasteiger partial charge is 0.497 e. The minimum atomic E-state index is -0.255. The fourth-order valence-electron chi connectivity index (χ4n) is 4.09. The Labute approximate surface area is 193 Å². The number of halogens is 1. The van der Waals surface area contributed by atoms with Crippen molar-refractivity contribution in [3.63, 3.8) is 0 Å². The number of nitrogens with zero attached hydrogens (tertiary/aromatic N) is 2. The maximum atomic E-state index is 13.5. The van der Waals surface area contributed by atoms with E-state index in [2.05, 4.69) is 26.6 Å². The zero-order chi connectivity index (χ0) is 22.0. The van der Waals surface area contributed by atoms with E-state index in [0.29, 0.717) is 31.9 Å². The molecule has 3 heterocycles. The van der Waals surface area contributed by atoms with Crippen LogP contribution in [0.4, 0.5) is 0 Å². The first-order valence-electron chi connectivity index (χ1n) is 10.4. The van der Waals surface area contributed by atoms with Crippen molar-refractivity contribution >= 4 is 49.4 Å². The van der Waals surface area contributed by atoms with Crippen molar-refractivity contribution in [1.82, 2.24) is 9.47 Å². The van der Waals surface area contributed by atoms with Gasteiger partial charge in [-0.3, -0.25) is 9.59 Å². The third-order valence-corrected chi connectivity index (χ3v) is 7.16. The maximum absolute atomic E-state index is 13.5. The SMILES string of the molecule is CCOC(=O)C1CCCN(C(=O)c2cc3sc(Br)cc3n2Cc2cccc(OC)c2)C1. The van der Waals surface area contributed by atoms with E-state index in [9.17, 15) is 9.59 Å². The second-order valence-electron chi connectivity index (χ2n) is 7.61. The lowest BCUT2D eigenvalue weighted by atomic mass is 9.98. The van der Waals surface area contributed by atoms with Crippen molar-refractivity contribution in [3.05, 3.63) is 51.4 Å². The summed E-state index contributed by atoms with van der Waals surface area (Å²) >= 11 is 5.17. The quantitative estimate of drug-likeness (QED) is 0.446. The van der Waals surface area contributed by atoms with Gasteiger partial charge in [-0.1, -0.05) is 12.1 Å². The number of esters is 1. The van der Waals surface area contributed by atoms with Crippen LogP contribution in [0.1, 0.15) is 35.8 Å². The molecule has 3 aromatic rings. The standard InChI is InChI=1S/C23H25BrN2O4S/c1-3-30-23(28)16-7-5-9-25(14-16)22(27)19-11-20-18(12-21(24)31-20)26(19)13-15-6-4-8-17(10-15)29-2/h4,6,8,10-12,16H,3,5,7,9,13-14H2,1-2H3. The molecular weight excluding hydrogens is 480 g/mol. The Kier molecular flexibility index (Phi) is 6.67. The normalized spacial score (nSPS) is 16.5. The first kappa shape index (κ1) is 21.9. The molecule has 1 atom stereocenters. The van der Waals surface area contributed by atoms with Crippen molar-refractivity contribution in [2.45, 2.75) is 26.3 Å². The van der Waals surface area contributed by atoms with E-state index in [1.165, 1.54) is 0 Å². The summed E-state index contributed by atoms with van der Waals surface area (Å²) in [6.45, 7) is 3.77. The Hall–Kier alpha value is -2.32. The number of methoxy groups -OCH3 is 1. The maximum Gasteiger partial charge on any atom is 0.310 e. The number of likely N-dealkylation sites (tertiary alicyclic amines) is 1. The first-order valence-corrected chi connectivity index (χ1v) is 12.0. The molecule has 2 aromatic heterocycles. The summed E-state index contributed by atoms with van der Waals surface area (Å²) in [4.78, 5) is 27.6. The second-order valence-corrected chi connectivity index (χ2v) is 10.1. The zero-order valence-electron chi connectivity index (χ0n) is 17.6. The van der Waals surface area contributed by atoms with Crippen molar-refractivity contribution in [1.29, 1.82) is 0 Å². The predicted octanol–water partition coefficient (Wildman–Crippen LogP) is 4.94. The smallest absolute Gasteiger partial charge is 0.310 e. The molecule has 6 nitrogen and oxygen atoms in total. The van der Waals surface area contributed by atoms with Gasteiger partial charge in [-0.15, -0.1) is 11.3 Å². The third kappa shape index (κ3) is 4.65. The van der Waals surface area contributed by atoms with Crippen LogP contribution in [0.2, 0.25) is 0 Å². The van der Waals surface area contributed by atoms with Crippen molar-refractivity contribution in [2.24, 2.45) is 5.92 Å². The van der Waals surface area contributed by atoms with Crippen LogP contribution in [0.15, 0.2) is 40.2 Å². The van der Waals surface area contributed by atoms with Crippen molar-refractivity contribution < 1.29 is 19.1 Å². The van der Waals surface area contributed by atoms with E-state index in [0.717, 1.165) is 38.2 Å². The number of carbonyl (C=O) groups excluding carboxylic acids is 2. The average Bonchev–Trinajstić information content (AvgIpc) is 3.30. The van der Waals surface area contributed by atoms with E-state index in [1.54, 1.807) is 30.3 Å².